The van der Waals surface area contributed by atoms with E-state index in [4.69, 9.17) is 11.6 Å². The summed E-state index contributed by atoms with van der Waals surface area (Å²) in [5, 5.41) is 8.60. The molecule has 0 radical (unpaired) electrons. The van der Waals surface area contributed by atoms with Crippen LogP contribution in [0.3, 0.4) is 0 Å². The predicted octanol–water partition coefficient (Wildman–Crippen LogP) is 3.58. The van der Waals surface area contributed by atoms with Crippen molar-refractivity contribution >= 4 is 11.6 Å². The van der Waals surface area contributed by atoms with Crippen molar-refractivity contribution in [1.82, 2.24) is 15.1 Å². The van der Waals surface area contributed by atoms with Gasteiger partial charge < -0.3 is 5.32 Å². The van der Waals surface area contributed by atoms with Crippen molar-refractivity contribution in [2.75, 3.05) is 6.54 Å². The molecule has 0 amide bonds. The van der Waals surface area contributed by atoms with Crippen molar-refractivity contribution in [2.24, 2.45) is 5.92 Å². The van der Waals surface area contributed by atoms with E-state index in [1.165, 1.54) is 5.56 Å². The van der Waals surface area contributed by atoms with Gasteiger partial charge in [0.25, 0.3) is 0 Å². The minimum Gasteiger partial charge on any atom is -0.312 e. The third-order valence-electron chi connectivity index (χ3n) is 2.95. The summed E-state index contributed by atoms with van der Waals surface area (Å²) in [5.41, 5.74) is 3.16. The third kappa shape index (κ3) is 3.58. The highest BCUT2D eigenvalue weighted by atomic mass is 35.5. The Morgan fingerprint density at radius 2 is 2.05 bits per heavy atom. The van der Waals surface area contributed by atoms with Crippen LogP contribution in [0.1, 0.15) is 25.1 Å². The summed E-state index contributed by atoms with van der Waals surface area (Å²) in [4.78, 5) is 0. The van der Waals surface area contributed by atoms with Crippen molar-refractivity contribution in [3.8, 4) is 5.69 Å². The van der Waals surface area contributed by atoms with E-state index in [0.29, 0.717) is 10.9 Å². The molecule has 3 nitrogen and oxygen atoms in total. The second kappa shape index (κ2) is 6.22. The maximum Gasteiger partial charge on any atom is 0.0819 e. The van der Waals surface area contributed by atoms with Gasteiger partial charge in [-0.05, 0) is 31.0 Å². The van der Waals surface area contributed by atoms with Crippen molar-refractivity contribution in [3.05, 3.63) is 46.7 Å². The first-order chi connectivity index (χ1) is 9.08. The van der Waals surface area contributed by atoms with E-state index >= 15 is 0 Å². The molecule has 0 aliphatic carbocycles. The van der Waals surface area contributed by atoms with Gasteiger partial charge in [0.15, 0.2) is 0 Å². The maximum atomic E-state index is 6.08. The van der Waals surface area contributed by atoms with E-state index in [2.05, 4.69) is 36.4 Å². The second-order valence-corrected chi connectivity index (χ2v) is 5.57. The van der Waals surface area contributed by atoms with E-state index in [1.807, 2.05) is 29.9 Å². The Bertz CT molecular complexity index is 527. The predicted molar refractivity (Wildman–Crippen MR) is 79.9 cm³/mol. The summed E-state index contributed by atoms with van der Waals surface area (Å²) in [5.74, 6) is 0.647. The standard InChI is InChI=1S/C15H20ClN3/c1-11(2)8-17-9-13-6-4-5-7-15(13)19-10-14(16)12(3)18-19/h4-7,10-11,17H,8-9H2,1-3H3. The zero-order valence-electron chi connectivity index (χ0n) is 11.7. The molecule has 102 valence electrons. The largest absolute Gasteiger partial charge is 0.312 e. The molecule has 0 atom stereocenters. The molecule has 1 aromatic carbocycles. The van der Waals surface area contributed by atoms with E-state index in [-0.39, 0.29) is 0 Å². The van der Waals surface area contributed by atoms with Gasteiger partial charge in [-0.15, -0.1) is 0 Å². The molecule has 0 fully saturated rings. The summed E-state index contributed by atoms with van der Waals surface area (Å²) >= 11 is 6.08. The van der Waals surface area contributed by atoms with Gasteiger partial charge in [0.2, 0.25) is 0 Å². The minimum atomic E-state index is 0.647. The van der Waals surface area contributed by atoms with Gasteiger partial charge in [-0.3, -0.25) is 0 Å². The Balaban J connectivity index is 2.20. The van der Waals surface area contributed by atoms with Crippen molar-refractivity contribution in [1.29, 1.82) is 0 Å². The third-order valence-corrected chi connectivity index (χ3v) is 3.32. The van der Waals surface area contributed by atoms with Gasteiger partial charge in [-0.2, -0.15) is 5.10 Å². The van der Waals surface area contributed by atoms with Gasteiger partial charge in [0.1, 0.15) is 0 Å². The number of benzene rings is 1. The highest BCUT2D eigenvalue weighted by molar-refractivity contribution is 6.31. The second-order valence-electron chi connectivity index (χ2n) is 5.16. The molecule has 0 aliphatic heterocycles. The van der Waals surface area contributed by atoms with Crippen LogP contribution in [0.4, 0.5) is 0 Å². The number of hydrogen-bond acceptors (Lipinski definition) is 2. The minimum absolute atomic E-state index is 0.647. The van der Waals surface area contributed by atoms with Crippen LogP contribution in [-0.4, -0.2) is 16.3 Å². The first-order valence-corrected chi connectivity index (χ1v) is 6.96. The lowest BCUT2D eigenvalue weighted by molar-refractivity contribution is 0.551. The number of halogens is 1. The Hall–Kier alpha value is -1.32. The fourth-order valence-electron chi connectivity index (χ4n) is 1.94. The molecule has 1 N–H and O–H groups in total. The van der Waals surface area contributed by atoms with Crippen LogP contribution in [0, 0.1) is 12.8 Å². The Morgan fingerprint density at radius 1 is 1.32 bits per heavy atom. The number of para-hydroxylation sites is 1. The van der Waals surface area contributed by atoms with Crippen LogP contribution >= 0.6 is 11.6 Å². The highest BCUT2D eigenvalue weighted by Gasteiger charge is 2.08. The van der Waals surface area contributed by atoms with Crippen LogP contribution in [0.2, 0.25) is 5.02 Å². The van der Waals surface area contributed by atoms with Crippen LogP contribution in [0.5, 0.6) is 0 Å². The molecular weight excluding hydrogens is 258 g/mol. The molecule has 19 heavy (non-hydrogen) atoms. The maximum absolute atomic E-state index is 6.08. The summed E-state index contributed by atoms with van der Waals surface area (Å²) in [6.07, 6.45) is 1.86. The van der Waals surface area contributed by atoms with E-state index in [1.54, 1.807) is 0 Å². The van der Waals surface area contributed by atoms with Gasteiger partial charge in [-0.1, -0.05) is 43.6 Å². The Morgan fingerprint density at radius 3 is 2.68 bits per heavy atom. The number of aromatic nitrogens is 2. The van der Waals surface area contributed by atoms with Crippen LogP contribution in [-0.2, 0) is 6.54 Å². The van der Waals surface area contributed by atoms with Gasteiger partial charge in [0, 0.05) is 12.7 Å². The van der Waals surface area contributed by atoms with E-state index < -0.39 is 0 Å². The van der Waals surface area contributed by atoms with Gasteiger partial charge >= 0.3 is 0 Å². The SMILES string of the molecule is Cc1nn(-c2ccccc2CNCC(C)C)cc1Cl. The van der Waals surface area contributed by atoms with E-state index in [0.717, 1.165) is 24.5 Å². The van der Waals surface area contributed by atoms with Crippen LogP contribution < -0.4 is 5.32 Å². The van der Waals surface area contributed by atoms with Crippen molar-refractivity contribution in [3.63, 3.8) is 0 Å². The molecule has 0 spiro atoms. The van der Waals surface area contributed by atoms with Gasteiger partial charge in [0.05, 0.1) is 16.4 Å². The molecule has 0 unspecified atom stereocenters. The van der Waals surface area contributed by atoms with Crippen molar-refractivity contribution < 1.29 is 0 Å². The zero-order chi connectivity index (χ0) is 13.8. The molecule has 1 aromatic heterocycles. The summed E-state index contributed by atoms with van der Waals surface area (Å²) in [6.45, 7) is 8.17. The van der Waals surface area contributed by atoms with Crippen LogP contribution in [0.15, 0.2) is 30.5 Å². The molecule has 0 bridgehead atoms. The van der Waals surface area contributed by atoms with Gasteiger partial charge in [-0.25, -0.2) is 4.68 Å². The lowest BCUT2D eigenvalue weighted by Gasteiger charge is -2.11. The first kappa shape index (κ1) is 14.1. The number of rotatable bonds is 5. The normalized spacial score (nSPS) is 11.2. The molecule has 2 aromatic rings. The molecular formula is C15H20ClN3. The first-order valence-electron chi connectivity index (χ1n) is 6.58. The fourth-order valence-corrected chi connectivity index (χ4v) is 2.07. The molecule has 0 saturated carbocycles. The summed E-state index contributed by atoms with van der Waals surface area (Å²) < 4.78 is 1.85. The fraction of sp³-hybridized carbons (Fsp3) is 0.400. The van der Waals surface area contributed by atoms with E-state index in [9.17, 15) is 0 Å². The molecule has 1 heterocycles. The smallest absolute Gasteiger partial charge is 0.0819 e. The molecule has 2 rings (SSSR count). The zero-order valence-corrected chi connectivity index (χ0v) is 12.4. The molecule has 0 aliphatic rings. The topological polar surface area (TPSA) is 29.9 Å². The van der Waals surface area contributed by atoms with Crippen LogP contribution in [0.25, 0.3) is 5.69 Å². The lowest BCUT2D eigenvalue weighted by Crippen LogP contribution is -2.20. The Kier molecular flexibility index (Phi) is 4.61. The highest BCUT2D eigenvalue weighted by Crippen LogP contribution is 2.19. The monoisotopic (exact) mass is 277 g/mol. The average molecular weight is 278 g/mol. The number of hydrogen-bond donors (Lipinski definition) is 1. The summed E-state index contributed by atoms with van der Waals surface area (Å²) in [6, 6.07) is 8.25. The number of nitrogens with one attached hydrogen (secondary N) is 1. The number of aryl methyl sites for hydroxylation is 1. The summed E-state index contributed by atoms with van der Waals surface area (Å²) in [7, 11) is 0. The average Bonchev–Trinajstić information content (AvgIpc) is 2.70. The molecule has 0 saturated heterocycles. The Labute approximate surface area is 119 Å². The number of nitrogens with zero attached hydrogens (tertiary/aromatic N) is 2. The molecule has 4 heteroatoms. The quantitative estimate of drug-likeness (QED) is 0.905. The van der Waals surface area contributed by atoms with Crippen molar-refractivity contribution in [2.45, 2.75) is 27.3 Å². The lowest BCUT2D eigenvalue weighted by atomic mass is 10.1.